The molecule has 1 aromatic carbocycles. The number of unbranched alkanes of at least 4 members (excludes halogenated alkanes) is 1. The average molecular weight is 1070 g/mol. The van der Waals surface area contributed by atoms with Gasteiger partial charge in [-0.1, -0.05) is 56.3 Å². The predicted octanol–water partition coefficient (Wildman–Crippen LogP) is 6.07. The number of carbonyl (C=O) groups is 1. The van der Waals surface area contributed by atoms with Crippen molar-refractivity contribution < 1.29 is 48.9 Å². The highest BCUT2D eigenvalue weighted by Crippen LogP contribution is 2.45. The third-order valence-corrected chi connectivity index (χ3v) is 17.4. The first-order valence-corrected chi connectivity index (χ1v) is 28.2. The number of aliphatic hydroxyl groups is 4. The van der Waals surface area contributed by atoms with Gasteiger partial charge in [-0.3, -0.25) is 14.5 Å². The Bertz CT molecular complexity index is 2460. The molecule has 1 unspecified atom stereocenters. The maximum atomic E-state index is 14.6. The molecule has 3 fully saturated rings. The molecule has 3 saturated heterocycles. The van der Waals surface area contributed by atoms with Crippen LogP contribution in [0.5, 0.6) is 0 Å². The molecule has 3 aliphatic heterocycles. The normalized spacial score (nSPS) is 36.3. The first-order chi connectivity index (χ1) is 36.4. The fraction of sp³-hybridized carbons (Fsp3) is 0.724. The lowest BCUT2D eigenvalue weighted by atomic mass is 9.68. The van der Waals surface area contributed by atoms with Crippen LogP contribution in [0.3, 0.4) is 0 Å². The van der Waals surface area contributed by atoms with Crippen LogP contribution < -0.4 is 0 Å². The number of benzene rings is 1. The summed E-state index contributed by atoms with van der Waals surface area (Å²) in [5.41, 5.74) is 0.390. The number of aromatic nitrogens is 7. The largest absolute Gasteiger partial charge is 0.459 e. The van der Waals surface area contributed by atoms with E-state index in [4.69, 9.17) is 23.7 Å². The molecule has 428 valence electrons. The van der Waals surface area contributed by atoms with Gasteiger partial charge in [0.2, 0.25) is 0 Å². The van der Waals surface area contributed by atoms with Crippen molar-refractivity contribution >= 4 is 5.97 Å². The second kappa shape index (κ2) is 25.9. The summed E-state index contributed by atoms with van der Waals surface area (Å²) in [6, 6.07) is 13.7. The lowest BCUT2D eigenvalue weighted by Crippen LogP contribution is -2.61. The van der Waals surface area contributed by atoms with Crippen LogP contribution >= 0.6 is 0 Å². The van der Waals surface area contributed by atoms with Gasteiger partial charge in [0.1, 0.15) is 29.6 Å². The molecule has 0 bridgehead atoms. The molecule has 17 atom stereocenters. The molecule has 0 aliphatic carbocycles. The van der Waals surface area contributed by atoms with E-state index in [9.17, 15) is 25.2 Å². The lowest BCUT2D eigenvalue weighted by molar-refractivity contribution is -0.275. The molecular weight excluding hydrogens is 983 g/mol. The van der Waals surface area contributed by atoms with Gasteiger partial charge in [0.15, 0.2) is 6.29 Å². The quantitative estimate of drug-likeness (QED) is 0.0738. The molecule has 3 aromatic heterocycles. The summed E-state index contributed by atoms with van der Waals surface area (Å²) in [6.45, 7) is 20.5. The van der Waals surface area contributed by atoms with Crippen LogP contribution in [-0.4, -0.2) is 183 Å². The van der Waals surface area contributed by atoms with E-state index in [1.165, 1.54) is 12.5 Å². The molecule has 19 nitrogen and oxygen atoms in total. The van der Waals surface area contributed by atoms with E-state index < -0.39 is 89.5 Å². The summed E-state index contributed by atoms with van der Waals surface area (Å²) in [4.78, 5) is 23.3. The van der Waals surface area contributed by atoms with Crippen molar-refractivity contribution in [1.82, 2.24) is 44.8 Å². The van der Waals surface area contributed by atoms with Gasteiger partial charge < -0.3 is 53.9 Å². The highest BCUT2D eigenvalue weighted by molar-refractivity contribution is 5.73. The standard InChI is InChI=1S/C58H91N9O10/c1-14-49-58(10,72)52(68)40(6)65(12)33-36(2)31-56(8,71)54(38(4)51(39(5)55(70)76-49)48-32-57(9,73-13)53(69)41(7)75-48)77-50-30-45(29-37(3)74-50)64(11)28-25-43-34-66(62-60-43)27-18-16-19-42-21-23-44(24-22-42)67-35-47(61-63-67)46-20-15-17-26-59-46/h15,17,20-24,26,34-41,45,48-54,68-69,71-72H,14,16,18-19,25,27-33H2,1-13H3/t36-,37-,38+,39-,40-,41+,45+,48?,49-,50+,51+,52-,53+,54-,56-,57-,58-/m1/s1. The maximum Gasteiger partial charge on any atom is 0.309 e. The van der Waals surface area contributed by atoms with Crippen LogP contribution in [-0.2, 0) is 47.9 Å². The SMILES string of the molecule is CC[C@H]1OC(=O)[C@H](C)[C@@H](C2C[C@@](C)(OC)[C@@H](O)[C@H](C)O2)[C@H](C)[C@@H](O[C@H]2C[C@@H](N(C)CCc3cn(CCCCc4ccc(-n5cc(-c6ccccn6)nn5)cc4)nn3)C[C@@H](C)O2)[C@](C)(O)C[C@@H](C)CN(C)[C@H](C)[C@@H](O)[C@]1(C)O. The monoisotopic (exact) mass is 1070 g/mol. The number of likely N-dealkylation sites (N-methyl/N-ethyl adjacent to an activating group) is 2. The third-order valence-electron chi connectivity index (χ3n) is 17.4. The van der Waals surface area contributed by atoms with Crippen molar-refractivity contribution in [3.8, 4) is 17.1 Å². The fourth-order valence-electron chi connectivity index (χ4n) is 12.6. The second-order valence-corrected chi connectivity index (χ2v) is 23.8. The van der Waals surface area contributed by atoms with Crippen LogP contribution in [0.15, 0.2) is 61.1 Å². The zero-order valence-electron chi connectivity index (χ0n) is 48.1. The molecule has 6 heterocycles. The van der Waals surface area contributed by atoms with E-state index >= 15 is 0 Å². The minimum atomic E-state index is -1.78. The Balaban J connectivity index is 1.01. The van der Waals surface area contributed by atoms with E-state index in [0.717, 1.165) is 61.5 Å². The van der Waals surface area contributed by atoms with E-state index in [-0.39, 0.29) is 30.9 Å². The summed E-state index contributed by atoms with van der Waals surface area (Å²) in [7, 11) is 5.57. The van der Waals surface area contributed by atoms with Gasteiger partial charge in [-0.2, -0.15) is 0 Å². The van der Waals surface area contributed by atoms with E-state index in [2.05, 4.69) is 75.7 Å². The Labute approximate surface area is 457 Å². The number of pyridine rings is 1. The molecule has 7 rings (SSSR count). The van der Waals surface area contributed by atoms with Crippen LogP contribution in [0.4, 0.5) is 0 Å². The zero-order valence-corrected chi connectivity index (χ0v) is 48.1. The Morgan fingerprint density at radius 2 is 1.61 bits per heavy atom. The van der Waals surface area contributed by atoms with Crippen molar-refractivity contribution in [2.45, 2.75) is 211 Å². The van der Waals surface area contributed by atoms with Gasteiger partial charge in [0.25, 0.3) is 0 Å². The number of hydrogen-bond donors (Lipinski definition) is 4. The second-order valence-electron chi connectivity index (χ2n) is 23.8. The van der Waals surface area contributed by atoms with Crippen LogP contribution in [0.25, 0.3) is 17.1 Å². The minimum Gasteiger partial charge on any atom is -0.459 e. The van der Waals surface area contributed by atoms with Gasteiger partial charge in [-0.15, -0.1) is 10.2 Å². The molecule has 0 saturated carbocycles. The number of aryl methyl sites for hydroxylation is 2. The van der Waals surface area contributed by atoms with Crippen molar-refractivity contribution in [2.24, 2.45) is 23.7 Å². The molecule has 0 amide bonds. The zero-order chi connectivity index (χ0) is 56.0. The highest BCUT2D eigenvalue weighted by atomic mass is 16.7. The molecule has 4 aromatic rings. The number of hydrogen-bond acceptors (Lipinski definition) is 17. The first kappa shape index (κ1) is 60.4. The summed E-state index contributed by atoms with van der Waals surface area (Å²) in [5, 5.41) is 65.5. The Kier molecular flexibility index (Phi) is 20.3. The Morgan fingerprint density at radius 3 is 2.30 bits per heavy atom. The molecule has 19 heteroatoms. The molecule has 77 heavy (non-hydrogen) atoms. The number of cyclic esters (lactones) is 1. The summed E-state index contributed by atoms with van der Waals surface area (Å²) in [5.74, 6) is -2.71. The van der Waals surface area contributed by atoms with Gasteiger partial charge in [0, 0.05) is 76.4 Å². The molecular formula is C58H91N9O10. The molecule has 0 spiro atoms. The van der Waals surface area contributed by atoms with Crippen molar-refractivity contribution in [3.63, 3.8) is 0 Å². The highest BCUT2D eigenvalue weighted by Gasteiger charge is 2.54. The van der Waals surface area contributed by atoms with Gasteiger partial charge in [-0.25, -0.2) is 4.68 Å². The van der Waals surface area contributed by atoms with E-state index in [0.29, 0.717) is 25.8 Å². The van der Waals surface area contributed by atoms with Gasteiger partial charge >= 0.3 is 5.97 Å². The first-order valence-electron chi connectivity index (χ1n) is 28.2. The number of aliphatic hydroxyl groups excluding tert-OH is 2. The van der Waals surface area contributed by atoms with Crippen molar-refractivity contribution in [3.05, 3.63) is 72.3 Å². The number of rotatable bonds is 16. The summed E-state index contributed by atoms with van der Waals surface area (Å²) >= 11 is 0. The molecule has 4 N–H and O–H groups in total. The molecule has 0 radical (unpaired) electrons. The summed E-state index contributed by atoms with van der Waals surface area (Å²) < 4.78 is 36.4. The van der Waals surface area contributed by atoms with Gasteiger partial charge in [0.05, 0.1) is 64.8 Å². The van der Waals surface area contributed by atoms with Crippen LogP contribution in [0, 0.1) is 23.7 Å². The van der Waals surface area contributed by atoms with Crippen molar-refractivity contribution in [1.29, 1.82) is 0 Å². The number of carbonyl (C=O) groups excluding carboxylic acids is 1. The third kappa shape index (κ3) is 14.6. The Hall–Kier alpha value is -4.28. The maximum absolute atomic E-state index is 14.6. The predicted molar refractivity (Wildman–Crippen MR) is 292 cm³/mol. The van der Waals surface area contributed by atoms with Crippen molar-refractivity contribution in [2.75, 3.05) is 34.3 Å². The number of esters is 1. The lowest BCUT2D eigenvalue weighted by Gasteiger charge is -2.51. The Morgan fingerprint density at radius 1 is 0.870 bits per heavy atom. The number of ether oxygens (including phenoxy) is 5. The van der Waals surface area contributed by atoms with Gasteiger partial charge in [-0.05, 0) is 136 Å². The van der Waals surface area contributed by atoms with Crippen LogP contribution in [0.1, 0.15) is 125 Å². The smallest absolute Gasteiger partial charge is 0.309 e. The summed E-state index contributed by atoms with van der Waals surface area (Å²) in [6.07, 6.45) is 5.20. The van der Waals surface area contributed by atoms with E-state index in [1.54, 1.807) is 38.8 Å². The van der Waals surface area contributed by atoms with Crippen LogP contribution in [0.2, 0.25) is 0 Å². The number of nitrogens with zero attached hydrogens (tertiary/aromatic N) is 9. The fourth-order valence-corrected chi connectivity index (χ4v) is 12.6. The number of methoxy groups -OCH3 is 1. The minimum absolute atomic E-state index is 0.0889. The average Bonchev–Trinajstić information content (AvgIpc) is 4.10. The topological polar surface area (TPSA) is 225 Å². The molecule has 3 aliphatic rings. The van der Waals surface area contributed by atoms with E-state index in [1.807, 2.05) is 74.9 Å².